The standard InChI is InChI=1S/C29H23N3O4S2/c1-3-35-20-14-12-19(13-15-20)24-23-25(33)21-6-4-5-7-22(21)36-26(23)27(34)32(24)28-30-31-29(38-28)37-16-18-10-8-17(2)9-11-18/h4-15,24H,3,16H2,1-2H3. The Bertz CT molecular complexity index is 1690. The number of nitrogens with zero attached hydrogens (tertiary/aromatic N) is 3. The number of carbonyl (C=O) groups is 1. The first-order valence-corrected chi connectivity index (χ1v) is 14.0. The molecule has 9 heteroatoms. The first-order chi connectivity index (χ1) is 18.5. The van der Waals surface area contributed by atoms with Crippen molar-refractivity contribution in [3.05, 3.63) is 111 Å². The number of thioether (sulfide) groups is 1. The van der Waals surface area contributed by atoms with Gasteiger partial charge in [-0.3, -0.25) is 14.5 Å². The van der Waals surface area contributed by atoms with Gasteiger partial charge in [-0.25, -0.2) is 0 Å². The summed E-state index contributed by atoms with van der Waals surface area (Å²) in [5.41, 5.74) is 3.60. The molecule has 0 radical (unpaired) electrons. The minimum Gasteiger partial charge on any atom is -0.494 e. The zero-order valence-corrected chi connectivity index (χ0v) is 22.3. The summed E-state index contributed by atoms with van der Waals surface area (Å²) >= 11 is 2.88. The monoisotopic (exact) mass is 541 g/mol. The molecular formula is C29H23N3O4S2. The fourth-order valence-electron chi connectivity index (χ4n) is 4.53. The molecule has 3 aromatic carbocycles. The van der Waals surface area contributed by atoms with Crippen LogP contribution in [-0.4, -0.2) is 22.7 Å². The van der Waals surface area contributed by atoms with Gasteiger partial charge in [0.1, 0.15) is 11.3 Å². The molecule has 38 heavy (non-hydrogen) atoms. The number of fused-ring (bicyclic) bond motifs is 2. The van der Waals surface area contributed by atoms with E-state index in [4.69, 9.17) is 9.15 Å². The highest BCUT2D eigenvalue weighted by Gasteiger charge is 2.45. The van der Waals surface area contributed by atoms with Crippen LogP contribution in [-0.2, 0) is 5.75 Å². The molecule has 1 amide bonds. The summed E-state index contributed by atoms with van der Waals surface area (Å²) in [5, 5.41) is 9.55. The smallest absolute Gasteiger partial charge is 0.297 e. The van der Waals surface area contributed by atoms with Crippen LogP contribution in [0.2, 0.25) is 0 Å². The fourth-order valence-corrected chi connectivity index (χ4v) is 6.36. The Labute approximate surface area is 227 Å². The van der Waals surface area contributed by atoms with Gasteiger partial charge in [0.2, 0.25) is 10.9 Å². The number of hydrogen-bond donors (Lipinski definition) is 0. The van der Waals surface area contributed by atoms with Gasteiger partial charge < -0.3 is 9.15 Å². The maximum absolute atomic E-state index is 13.8. The molecule has 0 bridgehead atoms. The van der Waals surface area contributed by atoms with Crippen molar-refractivity contribution >= 4 is 45.1 Å². The summed E-state index contributed by atoms with van der Waals surface area (Å²) in [6.07, 6.45) is 0. The van der Waals surface area contributed by atoms with Crippen LogP contribution >= 0.6 is 23.1 Å². The van der Waals surface area contributed by atoms with E-state index in [1.54, 1.807) is 36.0 Å². The Morgan fingerprint density at radius 3 is 2.53 bits per heavy atom. The number of ether oxygens (including phenoxy) is 1. The normalized spacial score (nSPS) is 14.7. The molecule has 5 aromatic rings. The highest BCUT2D eigenvalue weighted by Crippen LogP contribution is 2.43. The number of rotatable bonds is 7. The average molecular weight is 542 g/mol. The zero-order chi connectivity index (χ0) is 26.2. The number of benzene rings is 3. The lowest BCUT2D eigenvalue weighted by Crippen LogP contribution is -2.29. The topological polar surface area (TPSA) is 85.5 Å². The lowest BCUT2D eigenvalue weighted by Gasteiger charge is -2.22. The Kier molecular flexibility index (Phi) is 6.47. The number of aryl methyl sites for hydroxylation is 1. The minimum absolute atomic E-state index is 0.0386. The van der Waals surface area contributed by atoms with Crippen molar-refractivity contribution in [3.8, 4) is 5.75 Å². The van der Waals surface area contributed by atoms with Crippen LogP contribution in [0.5, 0.6) is 5.75 Å². The van der Waals surface area contributed by atoms with Gasteiger partial charge in [-0.15, -0.1) is 10.2 Å². The van der Waals surface area contributed by atoms with Crippen LogP contribution in [0.1, 0.15) is 45.8 Å². The van der Waals surface area contributed by atoms with E-state index in [9.17, 15) is 9.59 Å². The molecule has 7 nitrogen and oxygen atoms in total. The van der Waals surface area contributed by atoms with E-state index in [1.807, 2.05) is 31.2 Å². The van der Waals surface area contributed by atoms with Crippen molar-refractivity contribution in [2.24, 2.45) is 0 Å². The maximum Gasteiger partial charge on any atom is 0.297 e. The molecule has 0 saturated carbocycles. The molecule has 0 saturated heterocycles. The molecule has 1 atom stereocenters. The third kappa shape index (κ3) is 4.37. The lowest BCUT2D eigenvalue weighted by atomic mass is 9.98. The van der Waals surface area contributed by atoms with E-state index in [1.165, 1.54) is 27.4 Å². The predicted octanol–water partition coefficient (Wildman–Crippen LogP) is 6.39. The summed E-state index contributed by atoms with van der Waals surface area (Å²) in [7, 11) is 0. The number of anilines is 1. The van der Waals surface area contributed by atoms with Crippen LogP contribution in [0.4, 0.5) is 5.13 Å². The highest BCUT2D eigenvalue weighted by molar-refractivity contribution is 8.00. The summed E-state index contributed by atoms with van der Waals surface area (Å²) in [6.45, 7) is 4.52. The van der Waals surface area contributed by atoms with E-state index in [0.717, 1.165) is 15.7 Å². The van der Waals surface area contributed by atoms with Gasteiger partial charge in [-0.05, 0) is 49.2 Å². The van der Waals surface area contributed by atoms with Crippen LogP contribution < -0.4 is 15.1 Å². The SMILES string of the molecule is CCOc1ccc(C2c3c(oc4ccccc4c3=O)C(=O)N2c2nnc(SCc3ccc(C)cc3)s2)cc1. The number of para-hydroxylation sites is 1. The predicted molar refractivity (Wildman–Crippen MR) is 149 cm³/mol. The van der Waals surface area contributed by atoms with E-state index in [0.29, 0.717) is 34.0 Å². The molecule has 0 fully saturated rings. The van der Waals surface area contributed by atoms with Crippen LogP contribution in [0.3, 0.4) is 0 Å². The minimum atomic E-state index is -0.697. The summed E-state index contributed by atoms with van der Waals surface area (Å²) in [6, 6.07) is 22.0. The molecule has 6 rings (SSSR count). The molecule has 1 unspecified atom stereocenters. The summed E-state index contributed by atoms with van der Waals surface area (Å²) in [4.78, 5) is 29.0. The van der Waals surface area contributed by atoms with E-state index in [2.05, 4.69) is 41.4 Å². The second kappa shape index (κ2) is 10.1. The third-order valence-electron chi connectivity index (χ3n) is 6.37. The van der Waals surface area contributed by atoms with Gasteiger partial charge in [0.05, 0.1) is 23.6 Å². The van der Waals surface area contributed by atoms with Crippen LogP contribution in [0.25, 0.3) is 11.0 Å². The van der Waals surface area contributed by atoms with Crippen LogP contribution in [0, 0.1) is 6.92 Å². The van der Waals surface area contributed by atoms with Crippen molar-refractivity contribution in [2.45, 2.75) is 30.0 Å². The molecule has 3 heterocycles. The van der Waals surface area contributed by atoms with Gasteiger partial charge in [0.15, 0.2) is 9.77 Å². The van der Waals surface area contributed by atoms with Gasteiger partial charge >= 0.3 is 0 Å². The Hall–Kier alpha value is -3.95. The van der Waals surface area contributed by atoms with Crippen molar-refractivity contribution < 1.29 is 13.9 Å². The van der Waals surface area contributed by atoms with E-state index >= 15 is 0 Å². The molecule has 0 N–H and O–H groups in total. The Balaban J connectivity index is 1.40. The largest absolute Gasteiger partial charge is 0.494 e. The Morgan fingerprint density at radius 1 is 1.00 bits per heavy atom. The van der Waals surface area contributed by atoms with E-state index < -0.39 is 11.9 Å². The third-order valence-corrected chi connectivity index (χ3v) is 8.50. The van der Waals surface area contributed by atoms with Gasteiger partial charge in [0.25, 0.3) is 5.91 Å². The maximum atomic E-state index is 13.8. The van der Waals surface area contributed by atoms with Gasteiger partial charge in [-0.1, -0.05) is 77.2 Å². The van der Waals surface area contributed by atoms with Gasteiger partial charge in [-0.2, -0.15) is 0 Å². The summed E-state index contributed by atoms with van der Waals surface area (Å²) in [5.74, 6) is 1.07. The van der Waals surface area contributed by atoms with E-state index in [-0.39, 0.29) is 11.2 Å². The number of aromatic nitrogens is 2. The van der Waals surface area contributed by atoms with Crippen molar-refractivity contribution in [1.29, 1.82) is 0 Å². The quantitative estimate of drug-likeness (QED) is 0.174. The average Bonchev–Trinajstić information content (AvgIpc) is 3.51. The molecule has 2 aromatic heterocycles. The first kappa shape index (κ1) is 24.4. The Morgan fingerprint density at radius 2 is 1.76 bits per heavy atom. The molecule has 0 spiro atoms. The summed E-state index contributed by atoms with van der Waals surface area (Å²) < 4.78 is 12.4. The number of carbonyl (C=O) groups excluding carboxylic acids is 1. The molecule has 1 aliphatic heterocycles. The van der Waals surface area contributed by atoms with Crippen molar-refractivity contribution in [1.82, 2.24) is 10.2 Å². The molecule has 1 aliphatic rings. The lowest BCUT2D eigenvalue weighted by molar-refractivity contribution is 0.0970. The fraction of sp³-hybridized carbons (Fsp3) is 0.172. The molecule has 190 valence electrons. The number of hydrogen-bond acceptors (Lipinski definition) is 8. The number of amides is 1. The zero-order valence-electron chi connectivity index (χ0n) is 20.7. The second-order valence-corrected chi connectivity index (χ2v) is 11.1. The van der Waals surface area contributed by atoms with Crippen molar-refractivity contribution in [2.75, 3.05) is 11.5 Å². The van der Waals surface area contributed by atoms with Crippen LogP contribution in [0.15, 0.2) is 86.3 Å². The van der Waals surface area contributed by atoms with Crippen molar-refractivity contribution in [3.63, 3.8) is 0 Å². The molecular weight excluding hydrogens is 518 g/mol. The first-order valence-electron chi connectivity index (χ1n) is 12.2. The van der Waals surface area contributed by atoms with Gasteiger partial charge in [0, 0.05) is 5.75 Å². The second-order valence-electron chi connectivity index (χ2n) is 8.87. The highest BCUT2D eigenvalue weighted by atomic mass is 32.2. The molecule has 0 aliphatic carbocycles.